The highest BCUT2D eigenvalue weighted by molar-refractivity contribution is 5.86. The summed E-state index contributed by atoms with van der Waals surface area (Å²) in [6.07, 6.45) is 0.959. The van der Waals surface area contributed by atoms with E-state index >= 15 is 0 Å². The van der Waals surface area contributed by atoms with Crippen LogP contribution in [0.5, 0.6) is 0 Å². The summed E-state index contributed by atoms with van der Waals surface area (Å²) in [6.45, 7) is 0.878. The van der Waals surface area contributed by atoms with Gasteiger partial charge in [0.1, 0.15) is 0 Å². The first-order valence-electron chi connectivity index (χ1n) is 4.57. The van der Waals surface area contributed by atoms with Crippen molar-refractivity contribution >= 4 is 5.97 Å². The topological polar surface area (TPSA) is 81.8 Å². The number of methoxy groups -OCH3 is 2. The monoisotopic (exact) mass is 215 g/mol. The molecule has 15 heavy (non-hydrogen) atoms. The Balaban J connectivity index is 4.41. The maximum Gasteiger partial charge on any atom is 0.381 e. The van der Waals surface area contributed by atoms with E-state index in [0.29, 0.717) is 26.1 Å². The lowest BCUT2D eigenvalue weighted by Crippen LogP contribution is -2.40. The summed E-state index contributed by atoms with van der Waals surface area (Å²) in [5.41, 5.74) is 5.06. The Hall–Kier alpha value is -1.09. The van der Waals surface area contributed by atoms with Crippen LogP contribution in [0.1, 0.15) is 12.8 Å². The minimum Gasteiger partial charge on any atom is -0.472 e. The van der Waals surface area contributed by atoms with Crippen molar-refractivity contribution in [3.05, 3.63) is 0 Å². The van der Waals surface area contributed by atoms with E-state index in [1.807, 2.05) is 5.92 Å². The predicted octanol–water partition coefficient (Wildman–Crippen LogP) is -0.155. The number of nitrogens with two attached hydrogens (primary N) is 1. The molecule has 0 aliphatic rings. The zero-order valence-electron chi connectivity index (χ0n) is 9.08. The van der Waals surface area contributed by atoms with Crippen molar-refractivity contribution in [2.45, 2.75) is 18.4 Å². The minimum absolute atomic E-state index is 0.439. The normalized spacial score (nSPS) is 10.6. The summed E-state index contributed by atoms with van der Waals surface area (Å²) in [7, 11) is 3.11. The number of aliphatic carboxylic acids is 1. The van der Waals surface area contributed by atoms with Gasteiger partial charge in [0.05, 0.1) is 5.54 Å². The van der Waals surface area contributed by atoms with E-state index in [-0.39, 0.29) is 0 Å². The van der Waals surface area contributed by atoms with Gasteiger partial charge in [0.2, 0.25) is 0 Å². The van der Waals surface area contributed by atoms with Gasteiger partial charge in [0.15, 0.2) is 0 Å². The molecule has 0 aromatic heterocycles. The molecule has 0 saturated heterocycles. The third-order valence-corrected chi connectivity index (χ3v) is 1.92. The molecular weight excluding hydrogens is 198 g/mol. The maximum absolute atomic E-state index is 10.3. The van der Waals surface area contributed by atoms with Gasteiger partial charge in [-0.1, -0.05) is 5.92 Å². The van der Waals surface area contributed by atoms with Gasteiger partial charge < -0.3 is 20.3 Å². The first kappa shape index (κ1) is 13.9. The molecule has 0 heterocycles. The molecule has 0 bridgehead atoms. The highest BCUT2D eigenvalue weighted by atomic mass is 16.5. The summed E-state index contributed by atoms with van der Waals surface area (Å²) in [5.74, 6) is 3.39. The van der Waals surface area contributed by atoms with Crippen LogP contribution in [-0.2, 0) is 14.3 Å². The average Bonchev–Trinajstić information content (AvgIpc) is 2.21. The molecule has 5 heteroatoms. The Morgan fingerprint density at radius 1 is 1.33 bits per heavy atom. The fourth-order valence-corrected chi connectivity index (χ4v) is 0.996. The van der Waals surface area contributed by atoms with Crippen LogP contribution < -0.4 is 5.73 Å². The van der Waals surface area contributed by atoms with E-state index < -0.39 is 11.5 Å². The van der Waals surface area contributed by atoms with Crippen LogP contribution in [0.4, 0.5) is 0 Å². The van der Waals surface area contributed by atoms with Crippen LogP contribution in [0.3, 0.4) is 0 Å². The number of carbonyl (C=O) groups is 1. The predicted molar refractivity (Wildman–Crippen MR) is 55.3 cm³/mol. The Morgan fingerprint density at radius 2 is 1.80 bits per heavy atom. The number of hydrogen-bond donors (Lipinski definition) is 2. The zero-order chi connectivity index (χ0) is 11.7. The number of ether oxygens (including phenoxy) is 2. The summed E-state index contributed by atoms with van der Waals surface area (Å²) in [5, 5.41) is 8.44. The molecule has 0 aromatic carbocycles. The van der Waals surface area contributed by atoms with Gasteiger partial charge in [-0.05, 0) is 0 Å². The van der Waals surface area contributed by atoms with Crippen LogP contribution in [0.15, 0.2) is 0 Å². The number of carboxylic acids is 1. The summed E-state index contributed by atoms with van der Waals surface area (Å²) >= 11 is 0. The van der Waals surface area contributed by atoms with Crippen molar-refractivity contribution in [2.75, 3.05) is 27.4 Å². The van der Waals surface area contributed by atoms with Crippen LogP contribution in [0.25, 0.3) is 0 Å². The molecule has 0 saturated carbocycles. The molecule has 0 unspecified atom stereocenters. The summed E-state index contributed by atoms with van der Waals surface area (Å²) < 4.78 is 9.78. The molecule has 0 amide bonds. The quantitative estimate of drug-likeness (QED) is 0.602. The van der Waals surface area contributed by atoms with Gasteiger partial charge in [-0.25, -0.2) is 4.79 Å². The van der Waals surface area contributed by atoms with Crippen LogP contribution in [0, 0.1) is 11.8 Å². The molecule has 0 atom stereocenters. The number of carboxylic acid groups (broad SMARTS) is 1. The van der Waals surface area contributed by atoms with Gasteiger partial charge in [-0.2, -0.15) is 0 Å². The molecule has 0 spiro atoms. The molecule has 0 radical (unpaired) electrons. The van der Waals surface area contributed by atoms with Crippen molar-refractivity contribution < 1.29 is 19.4 Å². The Kier molecular flexibility index (Phi) is 6.71. The lowest BCUT2D eigenvalue weighted by Gasteiger charge is -2.22. The second-order valence-electron chi connectivity index (χ2n) is 3.20. The number of hydrogen-bond acceptors (Lipinski definition) is 4. The lowest BCUT2D eigenvalue weighted by molar-refractivity contribution is -0.130. The van der Waals surface area contributed by atoms with Gasteiger partial charge in [-0.15, -0.1) is 0 Å². The fraction of sp³-hybridized carbons (Fsp3) is 0.700. The van der Waals surface area contributed by atoms with Gasteiger partial charge in [0, 0.05) is 46.2 Å². The van der Waals surface area contributed by atoms with E-state index in [4.69, 9.17) is 20.3 Å². The first-order chi connectivity index (χ1) is 7.04. The standard InChI is InChI=1S/C10H17NO4/c1-14-7-5-10(11,6-8-15-2)4-3-9(12)13/h5-8,11H2,1-2H3,(H,12,13). The zero-order valence-corrected chi connectivity index (χ0v) is 9.08. The van der Waals surface area contributed by atoms with Gasteiger partial charge in [-0.3, -0.25) is 0 Å². The van der Waals surface area contributed by atoms with Crippen molar-refractivity contribution in [1.82, 2.24) is 0 Å². The highest BCUT2D eigenvalue weighted by Crippen LogP contribution is 2.11. The third-order valence-electron chi connectivity index (χ3n) is 1.92. The van der Waals surface area contributed by atoms with Crippen LogP contribution in [0.2, 0.25) is 0 Å². The fourth-order valence-electron chi connectivity index (χ4n) is 0.996. The van der Waals surface area contributed by atoms with Crippen molar-refractivity contribution in [2.24, 2.45) is 5.73 Å². The van der Waals surface area contributed by atoms with Crippen LogP contribution >= 0.6 is 0 Å². The van der Waals surface area contributed by atoms with E-state index in [2.05, 4.69) is 5.92 Å². The van der Waals surface area contributed by atoms with E-state index in [1.54, 1.807) is 14.2 Å². The van der Waals surface area contributed by atoms with Crippen molar-refractivity contribution in [3.8, 4) is 11.8 Å². The molecule has 0 aliphatic heterocycles. The number of rotatable bonds is 6. The molecule has 3 N–H and O–H groups in total. The molecule has 5 nitrogen and oxygen atoms in total. The summed E-state index contributed by atoms with van der Waals surface area (Å²) in [6, 6.07) is 0. The lowest BCUT2D eigenvalue weighted by atomic mass is 9.94. The average molecular weight is 215 g/mol. The second-order valence-corrected chi connectivity index (χ2v) is 3.20. The molecule has 0 fully saturated rings. The smallest absolute Gasteiger partial charge is 0.381 e. The highest BCUT2D eigenvalue weighted by Gasteiger charge is 2.21. The molecular formula is C10H17NO4. The van der Waals surface area contributed by atoms with Gasteiger partial charge >= 0.3 is 5.97 Å². The van der Waals surface area contributed by atoms with E-state index in [9.17, 15) is 4.79 Å². The first-order valence-corrected chi connectivity index (χ1v) is 4.57. The third kappa shape index (κ3) is 6.91. The Morgan fingerprint density at radius 3 is 2.13 bits per heavy atom. The van der Waals surface area contributed by atoms with E-state index in [0.717, 1.165) is 0 Å². The Labute approximate surface area is 89.5 Å². The largest absolute Gasteiger partial charge is 0.472 e. The van der Waals surface area contributed by atoms with E-state index in [1.165, 1.54) is 0 Å². The minimum atomic E-state index is -1.18. The molecule has 0 aliphatic carbocycles. The molecule has 0 aromatic rings. The van der Waals surface area contributed by atoms with Crippen molar-refractivity contribution in [3.63, 3.8) is 0 Å². The summed E-state index contributed by atoms with van der Waals surface area (Å²) in [4.78, 5) is 10.3. The van der Waals surface area contributed by atoms with Crippen LogP contribution in [-0.4, -0.2) is 44.0 Å². The molecule has 86 valence electrons. The maximum atomic E-state index is 10.3. The molecule has 0 rings (SSSR count). The Bertz CT molecular complexity index is 246. The second kappa shape index (κ2) is 7.23. The SMILES string of the molecule is COCCC(N)(C#CC(=O)O)CCOC. The van der Waals surface area contributed by atoms with Gasteiger partial charge in [0.25, 0.3) is 0 Å². The van der Waals surface area contributed by atoms with Crippen molar-refractivity contribution in [1.29, 1.82) is 0 Å².